The summed E-state index contributed by atoms with van der Waals surface area (Å²) in [5, 5.41) is 5.25. The van der Waals surface area contributed by atoms with E-state index < -0.39 is 0 Å². The fourth-order valence-corrected chi connectivity index (χ4v) is 14.1. The van der Waals surface area contributed by atoms with E-state index in [1.54, 1.807) is 0 Å². The zero-order chi connectivity index (χ0) is 45.9. The van der Waals surface area contributed by atoms with Gasteiger partial charge in [0.25, 0.3) is 0 Å². The third kappa shape index (κ3) is 5.87. The monoisotopic (exact) mass is 886 g/mol. The van der Waals surface area contributed by atoms with Gasteiger partial charge in [-0.15, -0.1) is 11.3 Å². The quantitative estimate of drug-likeness (QED) is 0.163. The van der Waals surface area contributed by atoms with E-state index in [-0.39, 0.29) is 28.5 Å². The molecular formula is C63H59BN2S. The lowest BCUT2D eigenvalue weighted by molar-refractivity contribution is 0.332. The minimum atomic E-state index is -0.118. The Labute approximate surface area is 401 Å². The second-order valence-corrected chi connectivity index (χ2v) is 24.1. The standard InChI is InChI=1S/C63H59BN2S/c1-38-33-48-50(63(8,9)32-31-61(48,4)5)37-53(38)65-52-27-23-40(39-17-11-10-12-18-39)35-51(52)64-57-46(34-41-19-13-14-20-43(41)59(57)65)44-25-28-55-56(45-21-15-16-22-54(45)67-55)58(44)66(64)42-24-26-47-49(36-42)62(6,7)30-29-60(47,2)3/h10-28,33-37H,29-32H2,1-9H3. The first-order chi connectivity index (χ1) is 32.1. The van der Waals surface area contributed by atoms with Gasteiger partial charge in [0.2, 0.25) is 0 Å². The van der Waals surface area contributed by atoms with E-state index >= 15 is 0 Å². The molecule has 0 spiro atoms. The van der Waals surface area contributed by atoms with Crippen LogP contribution in [0.5, 0.6) is 0 Å². The number of fused-ring (bicyclic) bond motifs is 12. The number of anilines is 5. The molecule has 9 aromatic rings. The molecule has 4 aliphatic rings. The van der Waals surface area contributed by atoms with Gasteiger partial charge in [-0.25, -0.2) is 0 Å². The van der Waals surface area contributed by atoms with Crippen LogP contribution in [0.2, 0.25) is 0 Å². The summed E-state index contributed by atoms with van der Waals surface area (Å²) >= 11 is 1.92. The highest BCUT2D eigenvalue weighted by Crippen LogP contribution is 2.56. The van der Waals surface area contributed by atoms with E-state index in [9.17, 15) is 0 Å². The predicted molar refractivity (Wildman–Crippen MR) is 291 cm³/mol. The fourth-order valence-electron chi connectivity index (χ4n) is 13.0. The highest BCUT2D eigenvalue weighted by molar-refractivity contribution is 7.26. The molecule has 2 aliphatic heterocycles. The fraction of sp³-hybridized carbons (Fsp3) is 0.270. The van der Waals surface area contributed by atoms with Gasteiger partial charge in [-0.05, 0) is 158 Å². The molecule has 1 aromatic heterocycles. The molecule has 8 aromatic carbocycles. The van der Waals surface area contributed by atoms with Gasteiger partial charge >= 0.3 is 6.85 Å². The normalized spacial score (nSPS) is 18.1. The summed E-state index contributed by atoms with van der Waals surface area (Å²) in [6, 6.07) is 56.9. The van der Waals surface area contributed by atoms with Crippen LogP contribution in [0.15, 0.2) is 146 Å². The predicted octanol–water partition coefficient (Wildman–Crippen LogP) is 16.6. The number of rotatable bonds is 3. The van der Waals surface area contributed by atoms with Crippen molar-refractivity contribution in [2.24, 2.45) is 0 Å². The summed E-state index contributed by atoms with van der Waals surface area (Å²) in [6.07, 6.45) is 4.72. The molecule has 0 saturated heterocycles. The van der Waals surface area contributed by atoms with Crippen molar-refractivity contribution in [3.8, 4) is 22.3 Å². The molecule has 0 radical (unpaired) electrons. The van der Waals surface area contributed by atoms with Crippen molar-refractivity contribution in [1.29, 1.82) is 0 Å². The number of benzene rings is 8. The number of aryl methyl sites for hydroxylation is 1. The molecule has 3 heterocycles. The van der Waals surface area contributed by atoms with E-state index in [2.05, 4.69) is 218 Å². The van der Waals surface area contributed by atoms with E-state index in [0.717, 1.165) is 0 Å². The van der Waals surface area contributed by atoms with E-state index in [1.807, 2.05) is 11.3 Å². The lowest BCUT2D eigenvalue weighted by Crippen LogP contribution is -2.61. The molecule has 330 valence electrons. The maximum atomic E-state index is 2.81. The number of hydrogen-bond donors (Lipinski definition) is 0. The van der Waals surface area contributed by atoms with Crippen LogP contribution in [0.4, 0.5) is 28.4 Å². The maximum absolute atomic E-state index is 2.81. The molecule has 4 heteroatoms. The molecule has 13 rings (SSSR count). The molecule has 0 N–H and O–H groups in total. The molecule has 0 atom stereocenters. The highest BCUT2D eigenvalue weighted by atomic mass is 32.1. The van der Waals surface area contributed by atoms with Crippen molar-refractivity contribution >= 4 is 88.5 Å². The van der Waals surface area contributed by atoms with Crippen molar-refractivity contribution < 1.29 is 0 Å². The van der Waals surface area contributed by atoms with E-state index in [1.165, 1.54) is 146 Å². The Morgan fingerprint density at radius 2 is 1.12 bits per heavy atom. The second kappa shape index (κ2) is 14.0. The second-order valence-electron chi connectivity index (χ2n) is 23.0. The smallest absolute Gasteiger partial charge is 0.333 e. The van der Waals surface area contributed by atoms with Crippen LogP contribution < -0.4 is 20.6 Å². The van der Waals surface area contributed by atoms with Crippen molar-refractivity contribution in [2.75, 3.05) is 9.71 Å². The third-order valence-electron chi connectivity index (χ3n) is 17.1. The Bertz CT molecular complexity index is 3570. The Kier molecular flexibility index (Phi) is 8.58. The molecule has 0 amide bonds. The molecule has 0 unspecified atom stereocenters. The summed E-state index contributed by atoms with van der Waals surface area (Å²) in [5.74, 6) is 0. The number of thiophene rings is 1. The van der Waals surface area contributed by atoms with Crippen molar-refractivity contribution in [2.45, 2.75) is 110 Å². The zero-order valence-corrected chi connectivity index (χ0v) is 41.4. The summed E-state index contributed by atoms with van der Waals surface area (Å²) in [7, 11) is 0. The van der Waals surface area contributed by atoms with Crippen molar-refractivity contribution in [3.63, 3.8) is 0 Å². The number of hydrogen-bond acceptors (Lipinski definition) is 3. The first kappa shape index (κ1) is 41.1. The van der Waals surface area contributed by atoms with Gasteiger partial charge in [0.05, 0.1) is 5.69 Å². The van der Waals surface area contributed by atoms with Crippen molar-refractivity contribution in [3.05, 3.63) is 173 Å². The van der Waals surface area contributed by atoms with E-state index in [4.69, 9.17) is 0 Å². The zero-order valence-electron chi connectivity index (χ0n) is 40.6. The Balaban J connectivity index is 1.20. The number of nitrogens with zero attached hydrogens (tertiary/aromatic N) is 2. The van der Waals surface area contributed by atoms with Crippen molar-refractivity contribution in [1.82, 2.24) is 0 Å². The molecule has 67 heavy (non-hydrogen) atoms. The molecule has 0 saturated carbocycles. The summed E-state index contributed by atoms with van der Waals surface area (Å²) < 4.78 is 2.67. The topological polar surface area (TPSA) is 6.48 Å². The van der Waals surface area contributed by atoms with Crippen LogP contribution in [0.25, 0.3) is 53.2 Å². The van der Waals surface area contributed by atoms with Gasteiger partial charge in [-0.2, -0.15) is 0 Å². The average Bonchev–Trinajstić information content (AvgIpc) is 3.71. The molecular weight excluding hydrogens is 828 g/mol. The Morgan fingerprint density at radius 3 is 1.87 bits per heavy atom. The molecule has 0 bridgehead atoms. The lowest BCUT2D eigenvalue weighted by Gasteiger charge is -2.48. The molecule has 2 nitrogen and oxygen atoms in total. The minimum Gasteiger partial charge on any atom is -0.376 e. The van der Waals surface area contributed by atoms with Gasteiger partial charge in [0.15, 0.2) is 0 Å². The maximum Gasteiger partial charge on any atom is 0.333 e. The molecule has 0 fully saturated rings. The molecule has 2 aliphatic carbocycles. The van der Waals surface area contributed by atoms with E-state index in [0.29, 0.717) is 0 Å². The average molecular weight is 887 g/mol. The van der Waals surface area contributed by atoms with Gasteiger partial charge in [0.1, 0.15) is 0 Å². The minimum absolute atomic E-state index is 0.0495. The van der Waals surface area contributed by atoms with Gasteiger partial charge in [-0.3, -0.25) is 0 Å². The lowest BCUT2D eigenvalue weighted by atomic mass is 9.43. The van der Waals surface area contributed by atoms with Crippen LogP contribution >= 0.6 is 11.3 Å². The van der Waals surface area contributed by atoms with Crippen LogP contribution in [0.3, 0.4) is 0 Å². The summed E-state index contributed by atoms with van der Waals surface area (Å²) in [5.41, 5.74) is 21.9. The first-order valence-corrected chi connectivity index (χ1v) is 25.5. The summed E-state index contributed by atoms with van der Waals surface area (Å²) in [6.45, 7) is 21.9. The Morgan fingerprint density at radius 1 is 0.478 bits per heavy atom. The highest BCUT2D eigenvalue weighted by Gasteiger charge is 2.48. The van der Waals surface area contributed by atoms with Gasteiger partial charge in [0, 0.05) is 53.9 Å². The third-order valence-corrected chi connectivity index (χ3v) is 18.2. The summed E-state index contributed by atoms with van der Waals surface area (Å²) in [4.78, 5) is 5.51. The first-order valence-electron chi connectivity index (χ1n) is 24.7. The van der Waals surface area contributed by atoms with Gasteiger partial charge in [-0.1, -0.05) is 159 Å². The van der Waals surface area contributed by atoms with Gasteiger partial charge < -0.3 is 9.71 Å². The SMILES string of the molecule is Cc1cc2c(cc1N1c3ccc(-c4ccccc4)cc3B3c4c(cc5ccccc5c41)-c1ccc4sc5ccccc5c4c1N3c1ccc3c(c1)C(C)(C)CCC3(C)C)C(C)(C)CCC2(C)C. The largest absolute Gasteiger partial charge is 0.376 e. The van der Waals surface area contributed by atoms with Crippen LogP contribution in [-0.2, 0) is 21.7 Å². The van der Waals surface area contributed by atoms with Crippen LogP contribution in [0.1, 0.15) is 109 Å². The van der Waals surface area contributed by atoms with Crippen LogP contribution in [-0.4, -0.2) is 6.85 Å². The van der Waals surface area contributed by atoms with Crippen LogP contribution in [0, 0.1) is 6.92 Å². The Hall–Kier alpha value is -6.10.